The second kappa shape index (κ2) is 7.95. The Hall–Kier alpha value is -1.95. The summed E-state index contributed by atoms with van der Waals surface area (Å²) in [5, 5.41) is 4.88. The number of aryl methyl sites for hydroxylation is 1. The average Bonchev–Trinajstić information content (AvgIpc) is 3.06. The molecule has 0 aliphatic heterocycles. The third-order valence-electron chi connectivity index (χ3n) is 3.50. The van der Waals surface area contributed by atoms with Crippen molar-refractivity contribution >= 4 is 46.6 Å². The summed E-state index contributed by atoms with van der Waals surface area (Å²) >= 11 is 13.4. The van der Waals surface area contributed by atoms with Gasteiger partial charge in [-0.05, 0) is 48.9 Å². The molecule has 1 amide bonds. The van der Waals surface area contributed by atoms with E-state index in [1.165, 1.54) is 11.8 Å². The van der Waals surface area contributed by atoms with Gasteiger partial charge >= 0.3 is 0 Å². The van der Waals surface area contributed by atoms with Gasteiger partial charge in [-0.1, -0.05) is 41.0 Å². The lowest BCUT2D eigenvalue weighted by Gasteiger charge is -2.09. The van der Waals surface area contributed by atoms with E-state index in [9.17, 15) is 4.79 Å². The standard InChI is InChI=1S/C18H15Cl2N3OS/c1-12-2-5-14(10-16(12)20)22-17(24)11-25-18-21-8-9-23(18)15-6-3-13(19)4-7-15/h2-10H,11H2,1H3,(H,22,24). The summed E-state index contributed by atoms with van der Waals surface area (Å²) in [6.45, 7) is 1.92. The number of imidazole rings is 1. The first-order valence-electron chi connectivity index (χ1n) is 7.51. The third-order valence-corrected chi connectivity index (χ3v) is 5.13. The fourth-order valence-electron chi connectivity index (χ4n) is 2.19. The predicted octanol–water partition coefficient (Wildman–Crippen LogP) is 5.22. The minimum atomic E-state index is -0.115. The van der Waals surface area contributed by atoms with Gasteiger partial charge in [0.1, 0.15) is 0 Å². The SMILES string of the molecule is Cc1ccc(NC(=O)CSc2nccn2-c2ccc(Cl)cc2)cc1Cl. The molecule has 3 rings (SSSR count). The van der Waals surface area contributed by atoms with E-state index in [0.29, 0.717) is 15.7 Å². The topological polar surface area (TPSA) is 46.9 Å². The van der Waals surface area contributed by atoms with E-state index < -0.39 is 0 Å². The maximum atomic E-state index is 12.2. The molecule has 0 atom stereocenters. The molecule has 0 unspecified atom stereocenters. The minimum absolute atomic E-state index is 0.115. The molecule has 0 radical (unpaired) electrons. The Morgan fingerprint density at radius 1 is 1.20 bits per heavy atom. The van der Waals surface area contributed by atoms with Crippen LogP contribution in [0.5, 0.6) is 0 Å². The number of nitrogens with one attached hydrogen (secondary N) is 1. The number of hydrogen-bond acceptors (Lipinski definition) is 3. The van der Waals surface area contributed by atoms with E-state index in [-0.39, 0.29) is 11.7 Å². The molecule has 128 valence electrons. The molecule has 0 saturated carbocycles. The van der Waals surface area contributed by atoms with E-state index in [4.69, 9.17) is 23.2 Å². The molecule has 1 aromatic heterocycles. The Morgan fingerprint density at radius 2 is 1.96 bits per heavy atom. The maximum absolute atomic E-state index is 12.2. The summed E-state index contributed by atoms with van der Waals surface area (Å²) in [7, 11) is 0. The number of halogens is 2. The fourth-order valence-corrected chi connectivity index (χ4v) is 3.27. The quantitative estimate of drug-likeness (QED) is 0.606. The number of benzene rings is 2. The van der Waals surface area contributed by atoms with Gasteiger partial charge in [0.05, 0.1) is 5.75 Å². The number of rotatable bonds is 5. The Balaban J connectivity index is 1.64. The van der Waals surface area contributed by atoms with Gasteiger partial charge in [-0.25, -0.2) is 4.98 Å². The van der Waals surface area contributed by atoms with Crippen LogP contribution in [0, 0.1) is 6.92 Å². The number of carbonyl (C=O) groups excluding carboxylic acids is 1. The summed E-state index contributed by atoms with van der Waals surface area (Å²) in [5.74, 6) is 0.131. The van der Waals surface area contributed by atoms with Crippen LogP contribution in [-0.4, -0.2) is 21.2 Å². The zero-order chi connectivity index (χ0) is 17.8. The third kappa shape index (κ3) is 4.57. The predicted molar refractivity (Wildman–Crippen MR) is 104 cm³/mol. The molecule has 7 heteroatoms. The van der Waals surface area contributed by atoms with Crippen LogP contribution in [0.15, 0.2) is 60.0 Å². The van der Waals surface area contributed by atoms with Gasteiger partial charge in [-0.3, -0.25) is 9.36 Å². The molecule has 0 saturated heterocycles. The molecule has 4 nitrogen and oxygen atoms in total. The van der Waals surface area contributed by atoms with E-state index in [1.807, 2.05) is 54.1 Å². The van der Waals surface area contributed by atoms with Crippen molar-refractivity contribution in [2.75, 3.05) is 11.1 Å². The highest BCUT2D eigenvalue weighted by molar-refractivity contribution is 7.99. The van der Waals surface area contributed by atoms with Crippen molar-refractivity contribution in [1.82, 2.24) is 9.55 Å². The van der Waals surface area contributed by atoms with Crippen molar-refractivity contribution in [2.24, 2.45) is 0 Å². The molecule has 3 aromatic rings. The monoisotopic (exact) mass is 391 g/mol. The molecular formula is C18H15Cl2N3OS. The van der Waals surface area contributed by atoms with Crippen LogP contribution in [-0.2, 0) is 4.79 Å². The summed E-state index contributed by atoms with van der Waals surface area (Å²) in [4.78, 5) is 16.5. The van der Waals surface area contributed by atoms with E-state index >= 15 is 0 Å². The number of thioether (sulfide) groups is 1. The van der Waals surface area contributed by atoms with Crippen molar-refractivity contribution in [2.45, 2.75) is 12.1 Å². The molecule has 0 spiro atoms. The molecule has 0 aliphatic rings. The lowest BCUT2D eigenvalue weighted by molar-refractivity contribution is -0.113. The number of aromatic nitrogens is 2. The molecule has 0 aliphatic carbocycles. The van der Waals surface area contributed by atoms with Crippen molar-refractivity contribution in [1.29, 1.82) is 0 Å². The largest absolute Gasteiger partial charge is 0.325 e. The fraction of sp³-hybridized carbons (Fsp3) is 0.111. The minimum Gasteiger partial charge on any atom is -0.325 e. The maximum Gasteiger partial charge on any atom is 0.234 e. The van der Waals surface area contributed by atoms with Crippen LogP contribution in [0.4, 0.5) is 5.69 Å². The van der Waals surface area contributed by atoms with E-state index in [2.05, 4.69) is 10.3 Å². The number of nitrogens with zero attached hydrogens (tertiary/aromatic N) is 2. The molecular weight excluding hydrogens is 377 g/mol. The van der Waals surface area contributed by atoms with Crippen LogP contribution in [0.3, 0.4) is 0 Å². The molecule has 0 fully saturated rings. The number of amides is 1. The Morgan fingerprint density at radius 3 is 2.68 bits per heavy atom. The second-order valence-electron chi connectivity index (χ2n) is 5.36. The van der Waals surface area contributed by atoms with Crippen LogP contribution >= 0.6 is 35.0 Å². The van der Waals surface area contributed by atoms with Crippen LogP contribution in [0.25, 0.3) is 5.69 Å². The molecule has 0 bridgehead atoms. The zero-order valence-corrected chi connectivity index (χ0v) is 15.7. The first kappa shape index (κ1) is 17.9. The highest BCUT2D eigenvalue weighted by Crippen LogP contribution is 2.23. The first-order valence-corrected chi connectivity index (χ1v) is 9.25. The van der Waals surface area contributed by atoms with Gasteiger partial charge in [0.25, 0.3) is 0 Å². The number of anilines is 1. The Labute approximate surface area is 160 Å². The smallest absolute Gasteiger partial charge is 0.234 e. The lowest BCUT2D eigenvalue weighted by Crippen LogP contribution is -2.14. The van der Waals surface area contributed by atoms with Gasteiger partial charge in [-0.2, -0.15) is 0 Å². The normalized spacial score (nSPS) is 10.7. The molecule has 2 aromatic carbocycles. The van der Waals surface area contributed by atoms with Crippen molar-refractivity contribution in [3.63, 3.8) is 0 Å². The summed E-state index contributed by atoms with van der Waals surface area (Å²) in [6.07, 6.45) is 3.55. The molecule has 1 heterocycles. The Kier molecular flexibility index (Phi) is 5.68. The van der Waals surface area contributed by atoms with Crippen molar-refractivity contribution in [3.05, 3.63) is 70.5 Å². The van der Waals surface area contributed by atoms with Crippen LogP contribution in [0.2, 0.25) is 10.0 Å². The van der Waals surface area contributed by atoms with Gasteiger partial charge in [-0.15, -0.1) is 0 Å². The first-order chi connectivity index (χ1) is 12.0. The van der Waals surface area contributed by atoms with Crippen molar-refractivity contribution < 1.29 is 4.79 Å². The van der Waals surface area contributed by atoms with E-state index in [1.54, 1.807) is 12.3 Å². The number of hydrogen-bond donors (Lipinski definition) is 1. The van der Waals surface area contributed by atoms with E-state index in [0.717, 1.165) is 16.4 Å². The molecule has 1 N–H and O–H groups in total. The van der Waals surface area contributed by atoms with Gasteiger partial charge in [0, 0.05) is 33.8 Å². The summed E-state index contributed by atoms with van der Waals surface area (Å²) in [6, 6.07) is 12.9. The average molecular weight is 392 g/mol. The molecule has 25 heavy (non-hydrogen) atoms. The van der Waals surface area contributed by atoms with Crippen LogP contribution < -0.4 is 5.32 Å². The Bertz CT molecular complexity index is 894. The van der Waals surface area contributed by atoms with Gasteiger partial charge in [0.15, 0.2) is 5.16 Å². The second-order valence-corrected chi connectivity index (χ2v) is 7.14. The van der Waals surface area contributed by atoms with Gasteiger partial charge < -0.3 is 5.32 Å². The zero-order valence-electron chi connectivity index (χ0n) is 13.4. The highest BCUT2D eigenvalue weighted by atomic mass is 35.5. The van der Waals surface area contributed by atoms with Crippen LogP contribution in [0.1, 0.15) is 5.56 Å². The van der Waals surface area contributed by atoms with Crippen molar-refractivity contribution in [3.8, 4) is 5.69 Å². The summed E-state index contributed by atoms with van der Waals surface area (Å²) < 4.78 is 1.91. The van der Waals surface area contributed by atoms with Gasteiger partial charge in [0.2, 0.25) is 5.91 Å². The number of carbonyl (C=O) groups is 1. The lowest BCUT2D eigenvalue weighted by atomic mass is 10.2. The summed E-state index contributed by atoms with van der Waals surface area (Å²) in [5.41, 5.74) is 2.59. The highest BCUT2D eigenvalue weighted by Gasteiger charge is 2.10.